The highest BCUT2D eigenvalue weighted by molar-refractivity contribution is 5.76. The molecule has 0 spiro atoms. The molecule has 1 radical (unpaired) electrons. The van der Waals surface area contributed by atoms with Crippen molar-refractivity contribution in [2.45, 2.75) is 33.6 Å². The highest BCUT2D eigenvalue weighted by Crippen LogP contribution is 2.37. The number of rotatable bonds is 1. The maximum Gasteiger partial charge on any atom is -0.000718 e. The molecule has 0 nitrogen and oxygen atoms in total. The molecule has 0 unspecified atom stereocenters. The highest BCUT2D eigenvalue weighted by atomic mass is 14.2. The fourth-order valence-electron chi connectivity index (χ4n) is 2.78. The van der Waals surface area contributed by atoms with Gasteiger partial charge in [0.25, 0.3) is 0 Å². The van der Waals surface area contributed by atoms with Crippen molar-refractivity contribution in [3.05, 3.63) is 59.2 Å². The Bertz CT molecular complexity index is 585. The monoisotopic (exact) mass is 235 g/mol. The van der Waals surface area contributed by atoms with Crippen LogP contribution in [0.25, 0.3) is 11.1 Å². The lowest BCUT2D eigenvalue weighted by Gasteiger charge is -2.18. The molecule has 0 saturated heterocycles. The third kappa shape index (κ3) is 2.08. The molecule has 0 atom stereocenters. The van der Waals surface area contributed by atoms with Gasteiger partial charge in [-0.2, -0.15) is 0 Å². The molecule has 0 heteroatoms. The maximum atomic E-state index is 3.63. The molecule has 3 rings (SSSR count). The van der Waals surface area contributed by atoms with Gasteiger partial charge in [0.05, 0.1) is 0 Å². The van der Waals surface area contributed by atoms with Gasteiger partial charge in [0.1, 0.15) is 0 Å². The summed E-state index contributed by atoms with van der Waals surface area (Å²) in [5, 5.41) is 0. The Balaban J connectivity index is 1.98. The van der Waals surface area contributed by atoms with Crippen LogP contribution in [-0.4, -0.2) is 0 Å². The fraction of sp³-hybridized carbons (Fsp3) is 0.333. The first-order valence-corrected chi connectivity index (χ1v) is 6.65. The summed E-state index contributed by atoms with van der Waals surface area (Å²) in [6, 6.07) is 16.8. The van der Waals surface area contributed by atoms with Gasteiger partial charge in [0.2, 0.25) is 0 Å². The molecule has 1 aliphatic rings. The predicted octanol–water partition coefficient (Wildman–Crippen LogP) is 4.65. The van der Waals surface area contributed by atoms with E-state index in [2.05, 4.69) is 63.2 Å². The molecular weight excluding hydrogens is 216 g/mol. The van der Waals surface area contributed by atoms with Gasteiger partial charge in [-0.25, -0.2) is 0 Å². The molecular formula is C18H19. The van der Waals surface area contributed by atoms with Crippen LogP contribution in [0, 0.1) is 11.5 Å². The number of benzene rings is 2. The van der Waals surface area contributed by atoms with E-state index < -0.39 is 0 Å². The topological polar surface area (TPSA) is 0 Å². The molecule has 0 N–H and O–H groups in total. The van der Waals surface area contributed by atoms with Gasteiger partial charge in [0.15, 0.2) is 0 Å². The summed E-state index contributed by atoms with van der Waals surface area (Å²) in [6.07, 6.45) is 2.14. The zero-order valence-electron chi connectivity index (χ0n) is 11.4. The normalized spacial score (nSPS) is 13.3. The van der Waals surface area contributed by atoms with Gasteiger partial charge < -0.3 is 0 Å². The molecule has 0 bridgehead atoms. The molecule has 0 saturated carbocycles. The van der Waals surface area contributed by atoms with E-state index in [1.807, 2.05) is 0 Å². The second kappa shape index (κ2) is 3.98. The van der Waals surface area contributed by atoms with Gasteiger partial charge in [-0.05, 0) is 52.1 Å². The van der Waals surface area contributed by atoms with Crippen molar-refractivity contribution >= 4 is 0 Å². The lowest BCUT2D eigenvalue weighted by molar-refractivity contribution is 0.411. The lowest BCUT2D eigenvalue weighted by Crippen LogP contribution is -2.09. The van der Waals surface area contributed by atoms with Crippen LogP contribution in [0.3, 0.4) is 0 Å². The van der Waals surface area contributed by atoms with E-state index in [0.29, 0.717) is 5.41 Å². The molecule has 2 aromatic rings. The van der Waals surface area contributed by atoms with Crippen LogP contribution in [0.5, 0.6) is 0 Å². The summed E-state index contributed by atoms with van der Waals surface area (Å²) in [7, 11) is 0. The summed E-state index contributed by atoms with van der Waals surface area (Å²) < 4.78 is 0. The summed E-state index contributed by atoms with van der Waals surface area (Å²) in [6.45, 7) is 6.84. The van der Waals surface area contributed by atoms with Crippen molar-refractivity contribution in [1.82, 2.24) is 0 Å². The average Bonchev–Trinajstić information content (AvgIpc) is 2.64. The van der Waals surface area contributed by atoms with E-state index in [0.717, 1.165) is 12.8 Å². The lowest BCUT2D eigenvalue weighted by atomic mass is 9.87. The van der Waals surface area contributed by atoms with Gasteiger partial charge in [-0.1, -0.05) is 57.2 Å². The predicted molar refractivity (Wildman–Crippen MR) is 76.7 cm³/mol. The van der Waals surface area contributed by atoms with Crippen molar-refractivity contribution in [2.24, 2.45) is 5.41 Å². The second-order valence-corrected chi connectivity index (χ2v) is 6.45. The van der Waals surface area contributed by atoms with E-state index in [9.17, 15) is 0 Å². The maximum absolute atomic E-state index is 3.63. The van der Waals surface area contributed by atoms with E-state index in [-0.39, 0.29) is 0 Å². The molecule has 1 aliphatic carbocycles. The van der Waals surface area contributed by atoms with Crippen molar-refractivity contribution in [1.29, 1.82) is 0 Å². The Kier molecular flexibility index (Phi) is 2.55. The van der Waals surface area contributed by atoms with Crippen molar-refractivity contribution in [3.63, 3.8) is 0 Å². The molecule has 18 heavy (non-hydrogen) atoms. The Hall–Kier alpha value is -1.56. The van der Waals surface area contributed by atoms with Gasteiger partial charge in [-0.15, -0.1) is 0 Å². The SMILES string of the molecule is CC(C)(C)Cc1[c]c2c(cc1)-c1ccccc1C2. The van der Waals surface area contributed by atoms with Gasteiger partial charge in [0, 0.05) is 0 Å². The quantitative estimate of drug-likeness (QED) is 0.576. The standard InChI is InChI=1S/C18H19/c1-18(2,3)12-13-8-9-17-15(10-13)11-14-6-4-5-7-16(14)17/h4-9H,11-12H2,1-3H3. The van der Waals surface area contributed by atoms with E-state index >= 15 is 0 Å². The molecule has 0 fully saturated rings. The minimum Gasteiger partial charge on any atom is -0.0619 e. The third-order valence-corrected chi connectivity index (χ3v) is 3.48. The second-order valence-electron chi connectivity index (χ2n) is 6.45. The van der Waals surface area contributed by atoms with Crippen LogP contribution in [-0.2, 0) is 12.8 Å². The molecule has 0 aromatic heterocycles. The van der Waals surface area contributed by atoms with Gasteiger partial charge >= 0.3 is 0 Å². The third-order valence-electron chi connectivity index (χ3n) is 3.48. The largest absolute Gasteiger partial charge is 0.0619 e. The van der Waals surface area contributed by atoms with E-state index in [4.69, 9.17) is 0 Å². The van der Waals surface area contributed by atoms with Gasteiger partial charge in [-0.3, -0.25) is 0 Å². The summed E-state index contributed by atoms with van der Waals surface area (Å²) in [5.41, 5.74) is 7.26. The molecule has 0 aliphatic heterocycles. The van der Waals surface area contributed by atoms with Crippen LogP contribution in [0.4, 0.5) is 0 Å². The Morgan fingerprint density at radius 3 is 2.56 bits per heavy atom. The van der Waals surface area contributed by atoms with Crippen LogP contribution < -0.4 is 0 Å². The smallest absolute Gasteiger partial charge is 0.000718 e. The fourth-order valence-corrected chi connectivity index (χ4v) is 2.78. The first-order valence-electron chi connectivity index (χ1n) is 6.65. The molecule has 0 heterocycles. The molecule has 0 amide bonds. The van der Waals surface area contributed by atoms with Crippen LogP contribution >= 0.6 is 0 Å². The average molecular weight is 235 g/mol. The first-order chi connectivity index (χ1) is 8.53. The minimum atomic E-state index is 0.330. The highest BCUT2D eigenvalue weighted by Gasteiger charge is 2.19. The molecule has 91 valence electrons. The summed E-state index contributed by atoms with van der Waals surface area (Å²) in [4.78, 5) is 0. The Morgan fingerprint density at radius 1 is 1.00 bits per heavy atom. The zero-order chi connectivity index (χ0) is 12.8. The van der Waals surface area contributed by atoms with Crippen molar-refractivity contribution in [3.8, 4) is 11.1 Å². The van der Waals surface area contributed by atoms with Crippen LogP contribution in [0.15, 0.2) is 36.4 Å². The number of hydrogen-bond acceptors (Lipinski definition) is 0. The van der Waals surface area contributed by atoms with Crippen LogP contribution in [0.2, 0.25) is 0 Å². The summed E-state index contributed by atoms with van der Waals surface area (Å²) in [5.74, 6) is 0. The molecule has 2 aromatic carbocycles. The first kappa shape index (κ1) is 11.5. The van der Waals surface area contributed by atoms with E-state index in [1.54, 1.807) is 0 Å². The minimum absolute atomic E-state index is 0.330. The summed E-state index contributed by atoms with van der Waals surface area (Å²) >= 11 is 0. The van der Waals surface area contributed by atoms with Crippen molar-refractivity contribution < 1.29 is 0 Å². The van der Waals surface area contributed by atoms with Crippen molar-refractivity contribution in [2.75, 3.05) is 0 Å². The Labute approximate surface area is 110 Å². The zero-order valence-corrected chi connectivity index (χ0v) is 11.4. The Morgan fingerprint density at radius 2 is 1.78 bits per heavy atom. The van der Waals surface area contributed by atoms with E-state index in [1.165, 1.54) is 27.8 Å². The van der Waals surface area contributed by atoms with Crippen LogP contribution in [0.1, 0.15) is 37.5 Å². The number of fused-ring (bicyclic) bond motifs is 3. The number of hydrogen-bond donors (Lipinski definition) is 0.